The molecular weight excluding hydrogens is 232 g/mol. The summed E-state index contributed by atoms with van der Waals surface area (Å²) in [6, 6.07) is 0. The maximum Gasteiger partial charge on any atom is 0.166 e. The van der Waals surface area contributed by atoms with Gasteiger partial charge in [0.05, 0.1) is 10.6 Å². The molecule has 0 unspecified atom stereocenters. The van der Waals surface area contributed by atoms with Crippen molar-refractivity contribution in [3.8, 4) is 11.4 Å². The van der Waals surface area contributed by atoms with E-state index in [9.17, 15) is 0 Å². The zero-order valence-corrected chi connectivity index (χ0v) is 11.0. The van der Waals surface area contributed by atoms with Gasteiger partial charge in [0.25, 0.3) is 0 Å². The maximum atomic E-state index is 6.17. The Bertz CT molecular complexity index is 567. The van der Waals surface area contributed by atoms with Crippen LogP contribution >= 0.6 is 11.3 Å². The number of fused-ring (bicyclic) bond motifs is 1. The number of nitrogen functional groups attached to an aromatic ring is 1. The number of thiophene rings is 1. The highest BCUT2D eigenvalue weighted by molar-refractivity contribution is 7.16. The Labute approximate surface area is 104 Å². The Hall–Kier alpha value is -1.36. The quantitative estimate of drug-likeness (QED) is 0.842. The van der Waals surface area contributed by atoms with E-state index >= 15 is 0 Å². The summed E-state index contributed by atoms with van der Waals surface area (Å²) >= 11 is 1.73. The summed E-state index contributed by atoms with van der Waals surface area (Å²) in [6.45, 7) is 1.96. The molecule has 2 heterocycles. The molecular formula is C12H16N4S. The first-order valence-corrected chi connectivity index (χ1v) is 6.76. The van der Waals surface area contributed by atoms with E-state index in [4.69, 9.17) is 5.73 Å². The third-order valence-electron chi connectivity index (χ3n) is 3.51. The van der Waals surface area contributed by atoms with E-state index in [0.717, 1.165) is 28.6 Å². The number of nitrogens with two attached hydrogens (primary N) is 1. The van der Waals surface area contributed by atoms with Gasteiger partial charge in [-0.25, -0.2) is 0 Å². The molecule has 3 rings (SSSR count). The summed E-state index contributed by atoms with van der Waals surface area (Å²) < 4.78 is 2.02. The van der Waals surface area contributed by atoms with E-state index in [1.807, 2.05) is 18.5 Å². The van der Waals surface area contributed by atoms with Gasteiger partial charge in [-0.05, 0) is 38.2 Å². The molecule has 1 aliphatic rings. The van der Waals surface area contributed by atoms with E-state index in [1.54, 1.807) is 11.3 Å². The molecule has 0 radical (unpaired) electrons. The summed E-state index contributed by atoms with van der Waals surface area (Å²) in [5.41, 5.74) is 8.71. The molecule has 1 aliphatic carbocycles. The van der Waals surface area contributed by atoms with Crippen molar-refractivity contribution in [2.75, 3.05) is 5.73 Å². The van der Waals surface area contributed by atoms with Crippen LogP contribution < -0.4 is 5.73 Å². The van der Waals surface area contributed by atoms with E-state index < -0.39 is 0 Å². The van der Waals surface area contributed by atoms with Crippen molar-refractivity contribution in [2.45, 2.75) is 32.6 Å². The van der Waals surface area contributed by atoms with Gasteiger partial charge in [-0.15, -0.1) is 21.5 Å². The lowest BCUT2D eigenvalue weighted by Crippen LogP contribution is -2.02. The zero-order valence-electron chi connectivity index (χ0n) is 10.2. The second kappa shape index (κ2) is 3.84. The molecule has 2 N–H and O–H groups in total. The lowest BCUT2D eigenvalue weighted by molar-refractivity contribution is 0.697. The molecule has 0 saturated carbocycles. The van der Waals surface area contributed by atoms with Gasteiger partial charge in [0, 0.05) is 11.9 Å². The Morgan fingerprint density at radius 2 is 2.00 bits per heavy atom. The molecule has 0 aliphatic heterocycles. The van der Waals surface area contributed by atoms with Crippen LogP contribution in [-0.4, -0.2) is 14.8 Å². The molecule has 0 spiro atoms. The smallest absolute Gasteiger partial charge is 0.166 e. The lowest BCUT2D eigenvalue weighted by atomic mass is 9.95. The number of aryl methyl sites for hydroxylation is 2. The number of hydrogen-bond donors (Lipinski definition) is 1. The Morgan fingerprint density at radius 1 is 1.24 bits per heavy atom. The largest absolute Gasteiger partial charge is 0.390 e. The van der Waals surface area contributed by atoms with Crippen molar-refractivity contribution in [2.24, 2.45) is 7.05 Å². The van der Waals surface area contributed by atoms with Crippen molar-refractivity contribution >= 4 is 16.3 Å². The van der Waals surface area contributed by atoms with Gasteiger partial charge in [0.1, 0.15) is 5.82 Å². The van der Waals surface area contributed by atoms with Crippen molar-refractivity contribution in [3.63, 3.8) is 0 Å². The average Bonchev–Trinajstić information content (AvgIpc) is 2.80. The van der Waals surface area contributed by atoms with Crippen LogP contribution in [0.4, 0.5) is 5.00 Å². The van der Waals surface area contributed by atoms with Gasteiger partial charge in [-0.3, -0.25) is 0 Å². The SMILES string of the molecule is Cc1nnc(-c2c(N)sc3c2CCCC3)n1C. The second-order valence-corrected chi connectivity index (χ2v) is 5.72. The highest BCUT2D eigenvalue weighted by Crippen LogP contribution is 2.41. The number of nitrogens with zero attached hydrogens (tertiary/aromatic N) is 3. The van der Waals surface area contributed by atoms with Crippen LogP contribution in [-0.2, 0) is 19.9 Å². The van der Waals surface area contributed by atoms with Crippen LogP contribution in [0.1, 0.15) is 29.1 Å². The standard InChI is InChI=1S/C12H16N4S/c1-7-14-15-12(16(7)2)10-8-5-3-4-6-9(8)17-11(10)13/h3-6,13H2,1-2H3. The first-order valence-electron chi connectivity index (χ1n) is 5.95. The normalized spacial score (nSPS) is 14.9. The van der Waals surface area contributed by atoms with Crippen LogP contribution in [0.5, 0.6) is 0 Å². The van der Waals surface area contributed by atoms with E-state index in [1.165, 1.54) is 29.7 Å². The van der Waals surface area contributed by atoms with Crippen molar-refractivity contribution in [3.05, 3.63) is 16.3 Å². The predicted octanol–water partition coefficient (Wildman–Crippen LogP) is 2.31. The topological polar surface area (TPSA) is 56.7 Å². The van der Waals surface area contributed by atoms with Crippen LogP contribution in [0.2, 0.25) is 0 Å². The number of hydrogen-bond acceptors (Lipinski definition) is 4. The maximum absolute atomic E-state index is 6.17. The molecule has 2 aromatic heterocycles. The van der Waals surface area contributed by atoms with Crippen LogP contribution in [0.15, 0.2) is 0 Å². The van der Waals surface area contributed by atoms with Crippen LogP contribution in [0.25, 0.3) is 11.4 Å². The summed E-state index contributed by atoms with van der Waals surface area (Å²) in [5, 5.41) is 9.29. The summed E-state index contributed by atoms with van der Waals surface area (Å²) in [6.07, 6.45) is 4.84. The fraction of sp³-hybridized carbons (Fsp3) is 0.500. The molecule has 17 heavy (non-hydrogen) atoms. The molecule has 2 aromatic rings. The van der Waals surface area contributed by atoms with Crippen molar-refractivity contribution < 1.29 is 0 Å². The number of anilines is 1. The van der Waals surface area contributed by atoms with E-state index in [0.29, 0.717) is 0 Å². The number of rotatable bonds is 1. The molecule has 5 heteroatoms. The fourth-order valence-electron chi connectivity index (χ4n) is 2.46. The van der Waals surface area contributed by atoms with Crippen molar-refractivity contribution in [1.82, 2.24) is 14.8 Å². The molecule has 0 amide bonds. The highest BCUT2D eigenvalue weighted by atomic mass is 32.1. The predicted molar refractivity (Wildman–Crippen MR) is 70.1 cm³/mol. The van der Waals surface area contributed by atoms with Gasteiger partial charge in [-0.1, -0.05) is 0 Å². The summed E-state index contributed by atoms with van der Waals surface area (Å²) in [4.78, 5) is 1.45. The third kappa shape index (κ3) is 1.57. The first-order chi connectivity index (χ1) is 8.18. The van der Waals surface area contributed by atoms with Crippen LogP contribution in [0, 0.1) is 6.92 Å². The molecule has 0 saturated heterocycles. The fourth-order valence-corrected chi connectivity index (χ4v) is 3.61. The van der Waals surface area contributed by atoms with Gasteiger partial charge in [0.15, 0.2) is 5.82 Å². The molecule has 0 aromatic carbocycles. The summed E-state index contributed by atoms with van der Waals surface area (Å²) in [5.74, 6) is 1.84. The minimum Gasteiger partial charge on any atom is -0.390 e. The number of aromatic nitrogens is 3. The van der Waals surface area contributed by atoms with Crippen molar-refractivity contribution in [1.29, 1.82) is 0 Å². The minimum atomic E-state index is 0.896. The lowest BCUT2D eigenvalue weighted by Gasteiger charge is -2.12. The van der Waals surface area contributed by atoms with E-state index in [-0.39, 0.29) is 0 Å². The first kappa shape index (κ1) is 10.8. The molecule has 0 fully saturated rings. The minimum absolute atomic E-state index is 0.896. The van der Waals surface area contributed by atoms with Gasteiger partial charge < -0.3 is 10.3 Å². The zero-order chi connectivity index (χ0) is 12.0. The Morgan fingerprint density at radius 3 is 2.71 bits per heavy atom. The second-order valence-electron chi connectivity index (χ2n) is 4.58. The Kier molecular flexibility index (Phi) is 2.43. The van der Waals surface area contributed by atoms with Gasteiger partial charge in [-0.2, -0.15) is 0 Å². The summed E-state index contributed by atoms with van der Waals surface area (Å²) in [7, 11) is 2.00. The van der Waals surface area contributed by atoms with E-state index in [2.05, 4.69) is 10.2 Å². The van der Waals surface area contributed by atoms with Crippen LogP contribution in [0.3, 0.4) is 0 Å². The molecule has 0 bridgehead atoms. The monoisotopic (exact) mass is 248 g/mol. The molecule has 90 valence electrons. The van der Waals surface area contributed by atoms with Gasteiger partial charge >= 0.3 is 0 Å². The highest BCUT2D eigenvalue weighted by Gasteiger charge is 2.23. The Balaban J connectivity index is 2.20. The average molecular weight is 248 g/mol. The van der Waals surface area contributed by atoms with Gasteiger partial charge in [0.2, 0.25) is 0 Å². The third-order valence-corrected chi connectivity index (χ3v) is 4.64. The molecule has 0 atom stereocenters. The molecule has 4 nitrogen and oxygen atoms in total.